The molecule has 0 saturated heterocycles. The molecule has 2 N–H and O–H groups in total. The molecule has 4 heteroatoms. The van der Waals surface area contributed by atoms with E-state index in [1.807, 2.05) is 25.1 Å². The van der Waals surface area contributed by atoms with E-state index >= 15 is 0 Å². The summed E-state index contributed by atoms with van der Waals surface area (Å²) in [7, 11) is 0. The van der Waals surface area contributed by atoms with Gasteiger partial charge in [0.15, 0.2) is 11.5 Å². The van der Waals surface area contributed by atoms with Gasteiger partial charge in [0.25, 0.3) is 0 Å². The van der Waals surface area contributed by atoms with Crippen LogP contribution in [0.15, 0.2) is 30.3 Å². The molecule has 25 heavy (non-hydrogen) atoms. The molecule has 0 radical (unpaired) electrons. The average molecular weight is 343 g/mol. The van der Waals surface area contributed by atoms with Crippen LogP contribution in [0.25, 0.3) is 0 Å². The fourth-order valence-electron chi connectivity index (χ4n) is 2.71. The lowest BCUT2D eigenvalue weighted by molar-refractivity contribution is 0.207. The first-order valence-corrected chi connectivity index (χ1v) is 8.85. The van der Waals surface area contributed by atoms with E-state index in [9.17, 15) is 0 Å². The summed E-state index contributed by atoms with van der Waals surface area (Å²) in [5, 5.41) is 0. The molecule has 0 aromatic heterocycles. The average Bonchev–Trinajstić information content (AvgIpc) is 2.60. The lowest BCUT2D eigenvalue weighted by atomic mass is 10.1. The Morgan fingerprint density at radius 1 is 0.840 bits per heavy atom. The molecule has 0 aliphatic heterocycles. The van der Waals surface area contributed by atoms with Crippen molar-refractivity contribution in [2.45, 2.75) is 34.1 Å². The molecule has 0 fully saturated rings. The van der Waals surface area contributed by atoms with Crippen molar-refractivity contribution >= 4 is 0 Å². The lowest BCUT2D eigenvalue weighted by Gasteiger charge is -2.16. The van der Waals surface area contributed by atoms with Gasteiger partial charge in [-0.3, -0.25) is 0 Å². The van der Waals surface area contributed by atoms with Crippen molar-refractivity contribution in [3.05, 3.63) is 52.6 Å². The Kier molecular flexibility index (Phi) is 7.14. The molecule has 0 amide bonds. The molecular formula is C21H29NO3. The summed E-state index contributed by atoms with van der Waals surface area (Å²) >= 11 is 0. The number of nitrogens with two attached hydrogens (primary N) is 1. The molecule has 2 aromatic rings. The van der Waals surface area contributed by atoms with Crippen LogP contribution >= 0.6 is 0 Å². The standard InChI is InChI=1S/C21H29NO3/c1-5-23-20-14-18(10-11-22)8-9-19(20)24-12-13-25-21-16(3)7-6-15(2)17(21)4/h6-9,14H,5,10-13,22H2,1-4H3. The summed E-state index contributed by atoms with van der Waals surface area (Å²) < 4.78 is 17.5. The Labute approximate surface area is 150 Å². The largest absolute Gasteiger partial charge is 0.490 e. The third-order valence-corrected chi connectivity index (χ3v) is 4.20. The van der Waals surface area contributed by atoms with Crippen LogP contribution in [0.2, 0.25) is 0 Å². The summed E-state index contributed by atoms with van der Waals surface area (Å²) in [6.07, 6.45) is 0.829. The van der Waals surface area contributed by atoms with Gasteiger partial charge in [0.1, 0.15) is 19.0 Å². The maximum Gasteiger partial charge on any atom is 0.161 e. The van der Waals surface area contributed by atoms with Gasteiger partial charge in [0, 0.05) is 0 Å². The van der Waals surface area contributed by atoms with Crippen molar-refractivity contribution in [3.8, 4) is 17.2 Å². The van der Waals surface area contributed by atoms with E-state index in [0.29, 0.717) is 26.4 Å². The van der Waals surface area contributed by atoms with Crippen molar-refractivity contribution in [1.82, 2.24) is 0 Å². The van der Waals surface area contributed by atoms with E-state index in [1.165, 1.54) is 11.1 Å². The number of rotatable bonds is 9. The van der Waals surface area contributed by atoms with Crippen LogP contribution in [0.5, 0.6) is 17.2 Å². The number of hydrogen-bond donors (Lipinski definition) is 1. The van der Waals surface area contributed by atoms with E-state index in [-0.39, 0.29) is 0 Å². The highest BCUT2D eigenvalue weighted by Crippen LogP contribution is 2.29. The van der Waals surface area contributed by atoms with Gasteiger partial charge in [-0.25, -0.2) is 0 Å². The SMILES string of the molecule is CCOc1cc(CCN)ccc1OCCOc1c(C)ccc(C)c1C. The summed E-state index contributed by atoms with van der Waals surface area (Å²) in [4.78, 5) is 0. The summed E-state index contributed by atoms with van der Waals surface area (Å²) in [6, 6.07) is 10.2. The van der Waals surface area contributed by atoms with Crippen molar-refractivity contribution < 1.29 is 14.2 Å². The Morgan fingerprint density at radius 2 is 1.56 bits per heavy atom. The van der Waals surface area contributed by atoms with E-state index < -0.39 is 0 Å². The number of ether oxygens (including phenoxy) is 3. The monoisotopic (exact) mass is 343 g/mol. The van der Waals surface area contributed by atoms with Crippen LogP contribution in [0, 0.1) is 20.8 Å². The summed E-state index contributed by atoms with van der Waals surface area (Å²) in [5.74, 6) is 2.45. The number of aryl methyl sites for hydroxylation is 2. The Bertz CT molecular complexity index is 698. The van der Waals surface area contributed by atoms with Gasteiger partial charge in [-0.2, -0.15) is 0 Å². The van der Waals surface area contributed by atoms with Crippen molar-refractivity contribution in [1.29, 1.82) is 0 Å². The molecule has 0 bridgehead atoms. The van der Waals surface area contributed by atoms with Crippen LogP contribution in [0.4, 0.5) is 0 Å². The molecule has 0 aliphatic carbocycles. The maximum atomic E-state index is 5.95. The zero-order valence-electron chi connectivity index (χ0n) is 15.7. The Hall–Kier alpha value is -2.20. The normalized spacial score (nSPS) is 10.6. The lowest BCUT2D eigenvalue weighted by Crippen LogP contribution is -2.11. The van der Waals surface area contributed by atoms with Crippen LogP contribution in [0.3, 0.4) is 0 Å². The van der Waals surface area contributed by atoms with E-state index in [1.54, 1.807) is 0 Å². The molecule has 0 saturated carbocycles. The second-order valence-corrected chi connectivity index (χ2v) is 6.10. The first kappa shape index (κ1) is 19.1. The van der Waals surface area contributed by atoms with Crippen LogP contribution in [0.1, 0.15) is 29.2 Å². The van der Waals surface area contributed by atoms with E-state index in [4.69, 9.17) is 19.9 Å². The van der Waals surface area contributed by atoms with E-state index in [0.717, 1.165) is 34.8 Å². The van der Waals surface area contributed by atoms with Crippen LogP contribution in [-0.2, 0) is 6.42 Å². The third-order valence-electron chi connectivity index (χ3n) is 4.20. The first-order valence-electron chi connectivity index (χ1n) is 8.85. The predicted molar refractivity (Wildman–Crippen MR) is 102 cm³/mol. The highest BCUT2D eigenvalue weighted by Gasteiger charge is 2.09. The van der Waals surface area contributed by atoms with Crippen molar-refractivity contribution in [2.24, 2.45) is 5.73 Å². The molecule has 0 heterocycles. The molecule has 0 unspecified atom stereocenters. The first-order chi connectivity index (χ1) is 12.1. The molecule has 2 aromatic carbocycles. The second-order valence-electron chi connectivity index (χ2n) is 6.10. The van der Waals surface area contributed by atoms with Crippen LogP contribution in [-0.4, -0.2) is 26.4 Å². The summed E-state index contributed by atoms with van der Waals surface area (Å²) in [5.41, 5.74) is 10.3. The highest BCUT2D eigenvalue weighted by atomic mass is 16.5. The fourth-order valence-corrected chi connectivity index (χ4v) is 2.71. The molecule has 4 nitrogen and oxygen atoms in total. The Morgan fingerprint density at radius 3 is 2.28 bits per heavy atom. The van der Waals surface area contributed by atoms with Gasteiger partial charge in [0.05, 0.1) is 6.61 Å². The second kappa shape index (κ2) is 9.33. The molecule has 2 rings (SSSR count). The molecule has 0 atom stereocenters. The van der Waals surface area contributed by atoms with Gasteiger partial charge >= 0.3 is 0 Å². The van der Waals surface area contributed by atoms with Gasteiger partial charge in [-0.1, -0.05) is 18.2 Å². The van der Waals surface area contributed by atoms with Crippen molar-refractivity contribution in [2.75, 3.05) is 26.4 Å². The fraction of sp³-hybridized carbons (Fsp3) is 0.429. The molecular weight excluding hydrogens is 314 g/mol. The van der Waals surface area contributed by atoms with Gasteiger partial charge in [-0.15, -0.1) is 0 Å². The topological polar surface area (TPSA) is 53.7 Å². The zero-order chi connectivity index (χ0) is 18.2. The predicted octanol–water partition coefficient (Wildman–Crippen LogP) is 3.97. The van der Waals surface area contributed by atoms with Crippen LogP contribution < -0.4 is 19.9 Å². The highest BCUT2D eigenvalue weighted by molar-refractivity contribution is 5.45. The third kappa shape index (κ3) is 5.13. The minimum atomic E-state index is 0.461. The number of benzene rings is 2. The van der Waals surface area contributed by atoms with Gasteiger partial charge in [-0.05, 0) is 75.0 Å². The van der Waals surface area contributed by atoms with Gasteiger partial charge in [0.2, 0.25) is 0 Å². The summed E-state index contributed by atoms with van der Waals surface area (Å²) in [6.45, 7) is 10.4. The maximum absolute atomic E-state index is 5.95. The van der Waals surface area contributed by atoms with E-state index in [2.05, 4.69) is 32.9 Å². The smallest absolute Gasteiger partial charge is 0.161 e. The van der Waals surface area contributed by atoms with Gasteiger partial charge < -0.3 is 19.9 Å². The Balaban J connectivity index is 1.96. The molecule has 0 aliphatic rings. The molecule has 0 spiro atoms. The minimum Gasteiger partial charge on any atom is -0.490 e. The quantitative estimate of drug-likeness (QED) is 0.700. The molecule has 136 valence electrons. The minimum absolute atomic E-state index is 0.461. The van der Waals surface area contributed by atoms with Crippen molar-refractivity contribution in [3.63, 3.8) is 0 Å². The zero-order valence-corrected chi connectivity index (χ0v) is 15.7. The number of hydrogen-bond acceptors (Lipinski definition) is 4.